The first-order chi connectivity index (χ1) is 7.27. The Kier molecular flexibility index (Phi) is 2.85. The van der Waals surface area contributed by atoms with Crippen LogP contribution in [0.4, 0.5) is 10.1 Å². The van der Waals surface area contributed by atoms with Gasteiger partial charge in [-0.05, 0) is 19.1 Å². The minimum Gasteiger partial charge on any atom is -0.378 e. The van der Waals surface area contributed by atoms with Crippen LogP contribution >= 0.6 is 0 Å². The lowest BCUT2D eigenvalue weighted by Gasteiger charge is -2.09. The number of hydrogen-bond acceptors (Lipinski definition) is 3. The molecule has 1 aromatic rings. The first kappa shape index (κ1) is 9.96. The molecule has 1 aromatic carbocycles. The lowest BCUT2D eigenvalue weighted by molar-refractivity contribution is 0.619. The molecule has 15 heavy (non-hydrogen) atoms. The maximum atomic E-state index is 13.2. The van der Waals surface area contributed by atoms with Crippen molar-refractivity contribution in [2.45, 2.75) is 6.92 Å². The average Bonchev–Trinajstić information content (AvgIpc) is 2.73. The molecule has 0 saturated heterocycles. The highest BCUT2D eigenvalue weighted by Gasteiger charge is 2.06. The van der Waals surface area contributed by atoms with Gasteiger partial charge < -0.3 is 10.6 Å². The van der Waals surface area contributed by atoms with Crippen molar-refractivity contribution in [3.63, 3.8) is 0 Å². The lowest BCUT2D eigenvalue weighted by Crippen LogP contribution is -2.26. The summed E-state index contributed by atoms with van der Waals surface area (Å²) in [6, 6.07) is 5.04. The summed E-state index contributed by atoms with van der Waals surface area (Å²) >= 11 is 0. The zero-order valence-corrected chi connectivity index (χ0v) is 8.68. The zero-order chi connectivity index (χ0) is 10.7. The quantitative estimate of drug-likeness (QED) is 0.789. The average molecular weight is 207 g/mol. The second kappa shape index (κ2) is 4.29. The monoisotopic (exact) mass is 207 g/mol. The van der Waals surface area contributed by atoms with Crippen molar-refractivity contribution in [1.82, 2.24) is 5.32 Å². The molecule has 0 fully saturated rings. The van der Waals surface area contributed by atoms with Crippen LogP contribution < -0.4 is 10.6 Å². The van der Waals surface area contributed by atoms with Crippen LogP contribution in [0.2, 0.25) is 0 Å². The summed E-state index contributed by atoms with van der Waals surface area (Å²) in [5, 5.41) is 6.32. The van der Waals surface area contributed by atoms with E-state index in [1.54, 1.807) is 13.0 Å². The highest BCUT2D eigenvalue weighted by Crippen LogP contribution is 2.16. The fraction of sp³-hybridized carbons (Fsp3) is 0.364. The van der Waals surface area contributed by atoms with Crippen LogP contribution in [0, 0.1) is 12.7 Å². The largest absolute Gasteiger partial charge is 0.378 e. The fourth-order valence-corrected chi connectivity index (χ4v) is 1.54. The summed E-state index contributed by atoms with van der Waals surface area (Å²) in [4.78, 5) is 4.25. The van der Waals surface area contributed by atoms with Gasteiger partial charge in [-0.3, -0.25) is 4.99 Å². The van der Waals surface area contributed by atoms with Crippen molar-refractivity contribution in [3.05, 3.63) is 29.6 Å². The van der Waals surface area contributed by atoms with Crippen LogP contribution in [-0.4, -0.2) is 25.5 Å². The van der Waals surface area contributed by atoms with Crippen LogP contribution in [0.25, 0.3) is 0 Å². The molecule has 0 aromatic heterocycles. The van der Waals surface area contributed by atoms with Crippen molar-refractivity contribution in [3.8, 4) is 0 Å². The van der Waals surface area contributed by atoms with Gasteiger partial charge in [-0.25, -0.2) is 4.39 Å². The first-order valence-corrected chi connectivity index (χ1v) is 5.03. The molecule has 0 unspecified atom stereocenters. The summed E-state index contributed by atoms with van der Waals surface area (Å²) in [6.45, 7) is 4.13. The van der Waals surface area contributed by atoms with Crippen molar-refractivity contribution in [2.24, 2.45) is 4.99 Å². The molecule has 2 rings (SSSR count). The topological polar surface area (TPSA) is 36.4 Å². The Morgan fingerprint density at radius 1 is 1.53 bits per heavy atom. The van der Waals surface area contributed by atoms with E-state index in [0.29, 0.717) is 12.1 Å². The lowest BCUT2D eigenvalue weighted by atomic mass is 10.2. The van der Waals surface area contributed by atoms with Gasteiger partial charge in [0.05, 0.1) is 13.1 Å². The van der Waals surface area contributed by atoms with Crippen LogP contribution in [-0.2, 0) is 0 Å². The number of benzene rings is 1. The third kappa shape index (κ3) is 2.26. The Hall–Kier alpha value is -1.58. The van der Waals surface area contributed by atoms with Gasteiger partial charge in [0.2, 0.25) is 0 Å². The van der Waals surface area contributed by atoms with E-state index in [9.17, 15) is 4.39 Å². The maximum absolute atomic E-state index is 13.2. The van der Waals surface area contributed by atoms with Gasteiger partial charge in [0.15, 0.2) is 0 Å². The van der Waals surface area contributed by atoms with Crippen molar-refractivity contribution < 1.29 is 4.39 Å². The molecule has 0 radical (unpaired) electrons. The number of rotatable bonds is 3. The summed E-state index contributed by atoms with van der Waals surface area (Å²) in [7, 11) is 0. The highest BCUT2D eigenvalue weighted by molar-refractivity contribution is 5.87. The molecule has 0 atom stereocenters. The number of amidine groups is 1. The van der Waals surface area contributed by atoms with Crippen LogP contribution in [0.5, 0.6) is 0 Å². The number of halogens is 1. The van der Waals surface area contributed by atoms with E-state index in [1.165, 1.54) is 6.07 Å². The van der Waals surface area contributed by atoms with E-state index < -0.39 is 0 Å². The van der Waals surface area contributed by atoms with Gasteiger partial charge in [-0.15, -0.1) is 0 Å². The van der Waals surface area contributed by atoms with Gasteiger partial charge in [-0.2, -0.15) is 0 Å². The van der Waals surface area contributed by atoms with Crippen molar-refractivity contribution >= 4 is 11.5 Å². The van der Waals surface area contributed by atoms with E-state index in [1.807, 2.05) is 6.07 Å². The first-order valence-electron chi connectivity index (χ1n) is 5.03. The molecule has 4 heteroatoms. The normalized spacial score (nSPS) is 14.7. The number of nitrogens with zero attached hydrogens (tertiary/aromatic N) is 1. The van der Waals surface area contributed by atoms with Gasteiger partial charge in [0, 0.05) is 17.8 Å². The minimum atomic E-state index is -0.179. The van der Waals surface area contributed by atoms with Crippen molar-refractivity contribution in [2.75, 3.05) is 25.0 Å². The summed E-state index contributed by atoms with van der Waals surface area (Å²) in [5.41, 5.74) is 1.47. The predicted octanol–water partition coefficient (Wildman–Crippen LogP) is 1.55. The minimum absolute atomic E-state index is 0.179. The van der Waals surface area contributed by atoms with E-state index >= 15 is 0 Å². The fourth-order valence-electron chi connectivity index (χ4n) is 1.54. The van der Waals surface area contributed by atoms with Gasteiger partial charge in [-0.1, -0.05) is 6.07 Å². The molecule has 2 N–H and O–H groups in total. The third-order valence-corrected chi connectivity index (χ3v) is 2.46. The Morgan fingerprint density at radius 2 is 2.40 bits per heavy atom. The Morgan fingerprint density at radius 3 is 3.13 bits per heavy atom. The van der Waals surface area contributed by atoms with E-state index in [2.05, 4.69) is 15.6 Å². The van der Waals surface area contributed by atoms with Crippen LogP contribution in [0.15, 0.2) is 23.2 Å². The standard InChI is InChI=1S/C11H14FN3/c1-8-9(12)3-2-4-10(8)15-7-11-13-5-6-14-11/h2-4,15H,5-7H2,1H3,(H,13,14). The number of anilines is 1. The van der Waals surface area contributed by atoms with E-state index in [4.69, 9.17) is 0 Å². The van der Waals surface area contributed by atoms with Crippen LogP contribution in [0.1, 0.15) is 5.56 Å². The molecular formula is C11H14FN3. The molecule has 80 valence electrons. The molecule has 0 aliphatic carbocycles. The van der Waals surface area contributed by atoms with Gasteiger partial charge >= 0.3 is 0 Å². The molecule has 3 nitrogen and oxygen atoms in total. The van der Waals surface area contributed by atoms with Gasteiger partial charge in [0.1, 0.15) is 11.7 Å². The summed E-state index contributed by atoms with van der Waals surface area (Å²) < 4.78 is 13.2. The van der Waals surface area contributed by atoms with E-state index in [0.717, 1.165) is 24.6 Å². The second-order valence-corrected chi connectivity index (χ2v) is 3.52. The molecular weight excluding hydrogens is 193 g/mol. The zero-order valence-electron chi connectivity index (χ0n) is 8.68. The Balaban J connectivity index is 2.01. The Labute approximate surface area is 88.4 Å². The summed E-state index contributed by atoms with van der Waals surface area (Å²) in [5.74, 6) is 0.764. The van der Waals surface area contributed by atoms with Gasteiger partial charge in [0.25, 0.3) is 0 Å². The smallest absolute Gasteiger partial charge is 0.128 e. The molecule has 1 aliphatic heterocycles. The molecule has 0 bridgehead atoms. The number of hydrogen-bond donors (Lipinski definition) is 2. The van der Waals surface area contributed by atoms with Crippen molar-refractivity contribution in [1.29, 1.82) is 0 Å². The molecule has 1 heterocycles. The molecule has 0 saturated carbocycles. The maximum Gasteiger partial charge on any atom is 0.128 e. The summed E-state index contributed by atoms with van der Waals surface area (Å²) in [6.07, 6.45) is 0. The molecule has 0 amide bonds. The third-order valence-electron chi connectivity index (χ3n) is 2.46. The number of aliphatic imine (C=N–C) groups is 1. The second-order valence-electron chi connectivity index (χ2n) is 3.52. The molecule has 1 aliphatic rings. The highest BCUT2D eigenvalue weighted by atomic mass is 19.1. The Bertz CT molecular complexity index is 387. The van der Waals surface area contributed by atoms with E-state index in [-0.39, 0.29) is 5.82 Å². The SMILES string of the molecule is Cc1c(F)cccc1NCC1=NCCN1. The molecule has 0 spiro atoms. The predicted molar refractivity (Wildman–Crippen MR) is 59.9 cm³/mol. The number of nitrogens with one attached hydrogen (secondary N) is 2. The van der Waals surface area contributed by atoms with Crippen LogP contribution in [0.3, 0.4) is 0 Å².